The third-order valence-corrected chi connectivity index (χ3v) is 4.54. The summed E-state index contributed by atoms with van der Waals surface area (Å²) in [6.07, 6.45) is 0. The van der Waals surface area contributed by atoms with Crippen LogP contribution in [0.15, 0.2) is 46.9 Å². The minimum Gasteiger partial charge on any atom is -0.332 e. The lowest BCUT2D eigenvalue weighted by molar-refractivity contribution is -0.116. The van der Waals surface area contributed by atoms with E-state index in [1.165, 1.54) is 4.90 Å². The number of anilines is 1. The summed E-state index contributed by atoms with van der Waals surface area (Å²) in [5, 5.41) is 11.0. The number of carbonyl (C=O) groups is 2. The Morgan fingerprint density at radius 1 is 1.22 bits per heavy atom. The SMILES string of the molecule is CC(C)n1nnc2cc(C(=O)N(C)CC(=O)Nc3cccc(Br)c3)ccc21. The summed E-state index contributed by atoms with van der Waals surface area (Å²) in [6, 6.07) is 12.7. The third-order valence-electron chi connectivity index (χ3n) is 4.04. The summed E-state index contributed by atoms with van der Waals surface area (Å²) in [5.74, 6) is -0.517. The first-order valence-electron chi connectivity index (χ1n) is 8.51. The van der Waals surface area contributed by atoms with E-state index in [0.29, 0.717) is 16.8 Å². The molecule has 0 aliphatic rings. The monoisotopic (exact) mass is 429 g/mol. The molecule has 0 unspecified atom stereocenters. The van der Waals surface area contributed by atoms with Crippen LogP contribution in [0.1, 0.15) is 30.2 Å². The highest BCUT2D eigenvalue weighted by atomic mass is 79.9. The minimum atomic E-state index is -0.268. The Kier molecular flexibility index (Phi) is 5.55. The van der Waals surface area contributed by atoms with Gasteiger partial charge in [-0.25, -0.2) is 4.68 Å². The number of benzene rings is 2. The van der Waals surface area contributed by atoms with Crippen molar-refractivity contribution in [3.05, 3.63) is 52.5 Å². The van der Waals surface area contributed by atoms with Gasteiger partial charge in [0.2, 0.25) is 5.91 Å². The molecule has 0 saturated heterocycles. The van der Waals surface area contributed by atoms with Crippen LogP contribution in [0.4, 0.5) is 5.69 Å². The van der Waals surface area contributed by atoms with Gasteiger partial charge in [-0.3, -0.25) is 9.59 Å². The lowest BCUT2D eigenvalue weighted by Crippen LogP contribution is -2.34. The van der Waals surface area contributed by atoms with Crippen molar-refractivity contribution in [1.29, 1.82) is 0 Å². The van der Waals surface area contributed by atoms with E-state index in [1.807, 2.05) is 32.0 Å². The number of hydrogen-bond acceptors (Lipinski definition) is 4. The van der Waals surface area contributed by atoms with Crippen molar-refractivity contribution in [1.82, 2.24) is 19.9 Å². The summed E-state index contributed by atoms with van der Waals surface area (Å²) in [6.45, 7) is 3.98. The molecule has 0 bridgehead atoms. The number of likely N-dealkylation sites (N-methyl/N-ethyl adjacent to an activating group) is 1. The number of hydrogen-bond donors (Lipinski definition) is 1. The molecule has 0 atom stereocenters. The molecule has 3 aromatic rings. The van der Waals surface area contributed by atoms with Crippen LogP contribution in [0.2, 0.25) is 0 Å². The number of aromatic nitrogens is 3. The Hall–Kier alpha value is -2.74. The quantitative estimate of drug-likeness (QED) is 0.672. The first-order valence-corrected chi connectivity index (χ1v) is 9.30. The van der Waals surface area contributed by atoms with Gasteiger partial charge < -0.3 is 10.2 Å². The van der Waals surface area contributed by atoms with E-state index in [-0.39, 0.29) is 24.4 Å². The molecule has 0 fully saturated rings. The second-order valence-corrected chi connectivity index (χ2v) is 7.47. The van der Waals surface area contributed by atoms with Crippen molar-refractivity contribution in [2.24, 2.45) is 0 Å². The lowest BCUT2D eigenvalue weighted by atomic mass is 10.1. The molecule has 2 amide bonds. The van der Waals surface area contributed by atoms with E-state index in [0.717, 1.165) is 9.99 Å². The van der Waals surface area contributed by atoms with E-state index in [9.17, 15) is 9.59 Å². The van der Waals surface area contributed by atoms with Gasteiger partial charge in [-0.2, -0.15) is 0 Å². The number of nitrogens with zero attached hydrogens (tertiary/aromatic N) is 4. The molecule has 0 spiro atoms. The van der Waals surface area contributed by atoms with Gasteiger partial charge in [-0.1, -0.05) is 27.2 Å². The number of fused-ring (bicyclic) bond motifs is 1. The van der Waals surface area contributed by atoms with Crippen LogP contribution in [-0.4, -0.2) is 45.3 Å². The molecule has 1 N–H and O–H groups in total. The lowest BCUT2D eigenvalue weighted by Gasteiger charge is -2.17. The maximum atomic E-state index is 12.7. The summed E-state index contributed by atoms with van der Waals surface area (Å²) < 4.78 is 2.67. The van der Waals surface area contributed by atoms with Crippen molar-refractivity contribution in [2.75, 3.05) is 18.9 Å². The normalized spacial score (nSPS) is 11.0. The van der Waals surface area contributed by atoms with E-state index in [2.05, 4.69) is 31.6 Å². The van der Waals surface area contributed by atoms with Crippen LogP contribution in [0.25, 0.3) is 11.0 Å². The average Bonchev–Trinajstić information content (AvgIpc) is 3.04. The Morgan fingerprint density at radius 3 is 2.70 bits per heavy atom. The topological polar surface area (TPSA) is 80.1 Å². The molecule has 0 radical (unpaired) electrons. The first-order chi connectivity index (χ1) is 12.8. The molecule has 1 aromatic heterocycles. The predicted molar refractivity (Wildman–Crippen MR) is 108 cm³/mol. The van der Waals surface area contributed by atoms with E-state index < -0.39 is 0 Å². The van der Waals surface area contributed by atoms with E-state index in [1.54, 1.807) is 36.0 Å². The Labute approximate surface area is 165 Å². The van der Waals surface area contributed by atoms with E-state index in [4.69, 9.17) is 0 Å². The molecule has 8 heteroatoms. The second-order valence-electron chi connectivity index (χ2n) is 6.55. The van der Waals surface area contributed by atoms with Crippen molar-refractivity contribution >= 4 is 44.5 Å². The van der Waals surface area contributed by atoms with Gasteiger partial charge in [0.15, 0.2) is 0 Å². The van der Waals surface area contributed by atoms with Gasteiger partial charge in [0.05, 0.1) is 12.1 Å². The summed E-state index contributed by atoms with van der Waals surface area (Å²) in [5.41, 5.74) is 2.66. The summed E-state index contributed by atoms with van der Waals surface area (Å²) >= 11 is 3.36. The van der Waals surface area contributed by atoms with Crippen LogP contribution in [-0.2, 0) is 4.79 Å². The minimum absolute atomic E-state index is 0.0535. The van der Waals surface area contributed by atoms with Crippen LogP contribution in [0.3, 0.4) is 0 Å². The van der Waals surface area contributed by atoms with Crippen LogP contribution in [0.5, 0.6) is 0 Å². The highest BCUT2D eigenvalue weighted by Crippen LogP contribution is 2.18. The Morgan fingerprint density at radius 2 is 2.00 bits per heavy atom. The van der Waals surface area contributed by atoms with Gasteiger partial charge in [-0.05, 0) is 50.2 Å². The molecule has 1 heterocycles. The van der Waals surface area contributed by atoms with Gasteiger partial charge >= 0.3 is 0 Å². The third kappa shape index (κ3) is 4.33. The van der Waals surface area contributed by atoms with Crippen molar-refractivity contribution in [2.45, 2.75) is 19.9 Å². The highest BCUT2D eigenvalue weighted by molar-refractivity contribution is 9.10. The van der Waals surface area contributed by atoms with Crippen LogP contribution < -0.4 is 5.32 Å². The number of nitrogens with one attached hydrogen (secondary N) is 1. The molecule has 0 aliphatic carbocycles. The maximum absolute atomic E-state index is 12.7. The molecule has 3 rings (SSSR count). The maximum Gasteiger partial charge on any atom is 0.254 e. The van der Waals surface area contributed by atoms with Gasteiger partial charge in [0.25, 0.3) is 5.91 Å². The molecule has 0 saturated carbocycles. The largest absolute Gasteiger partial charge is 0.332 e. The Balaban J connectivity index is 1.69. The van der Waals surface area contributed by atoms with Crippen LogP contribution >= 0.6 is 15.9 Å². The van der Waals surface area contributed by atoms with E-state index >= 15 is 0 Å². The fourth-order valence-corrected chi connectivity index (χ4v) is 3.13. The molecule has 27 heavy (non-hydrogen) atoms. The molecular formula is C19H20BrN5O2. The zero-order chi connectivity index (χ0) is 19.6. The molecular weight excluding hydrogens is 410 g/mol. The molecule has 140 valence electrons. The molecule has 7 nitrogen and oxygen atoms in total. The predicted octanol–water partition coefficient (Wildman–Crippen LogP) is 3.49. The first kappa shape index (κ1) is 19.0. The number of amides is 2. The number of carbonyl (C=O) groups excluding carboxylic acids is 2. The smallest absolute Gasteiger partial charge is 0.254 e. The summed E-state index contributed by atoms with van der Waals surface area (Å²) in [7, 11) is 1.60. The Bertz CT molecular complexity index is 999. The average molecular weight is 430 g/mol. The summed E-state index contributed by atoms with van der Waals surface area (Å²) in [4.78, 5) is 26.2. The van der Waals surface area contributed by atoms with Crippen molar-refractivity contribution in [3.8, 4) is 0 Å². The van der Waals surface area contributed by atoms with Gasteiger partial charge in [0.1, 0.15) is 5.52 Å². The zero-order valence-corrected chi connectivity index (χ0v) is 16.9. The highest BCUT2D eigenvalue weighted by Gasteiger charge is 2.17. The fourth-order valence-electron chi connectivity index (χ4n) is 2.73. The van der Waals surface area contributed by atoms with Crippen molar-refractivity contribution in [3.63, 3.8) is 0 Å². The van der Waals surface area contributed by atoms with Gasteiger partial charge in [0, 0.05) is 28.8 Å². The van der Waals surface area contributed by atoms with Crippen molar-refractivity contribution < 1.29 is 9.59 Å². The second kappa shape index (κ2) is 7.87. The molecule has 0 aliphatic heterocycles. The number of halogens is 1. The molecule has 2 aromatic carbocycles. The standard InChI is InChI=1S/C19H20BrN5O2/c1-12(2)25-17-8-7-13(9-16(17)22-23-25)19(27)24(3)11-18(26)21-15-6-4-5-14(20)10-15/h4-10,12H,11H2,1-3H3,(H,21,26). The zero-order valence-electron chi connectivity index (χ0n) is 15.3. The van der Waals surface area contributed by atoms with Gasteiger partial charge in [-0.15, -0.1) is 5.10 Å². The number of rotatable bonds is 5. The fraction of sp³-hybridized carbons (Fsp3) is 0.263. The van der Waals surface area contributed by atoms with Crippen LogP contribution in [0, 0.1) is 0 Å².